The van der Waals surface area contributed by atoms with Crippen molar-refractivity contribution in [1.82, 2.24) is 10.2 Å². The van der Waals surface area contributed by atoms with E-state index in [0.717, 1.165) is 37.4 Å². The summed E-state index contributed by atoms with van der Waals surface area (Å²) in [6.45, 7) is 4.45. The molecule has 1 N–H and O–H groups in total. The molecule has 0 saturated carbocycles. The molecule has 6 heteroatoms. The average Bonchev–Trinajstić information content (AvgIpc) is 3.08. The van der Waals surface area contributed by atoms with Crippen LogP contribution in [-0.4, -0.2) is 46.4 Å². The van der Waals surface area contributed by atoms with Crippen LogP contribution >= 0.6 is 0 Å². The lowest BCUT2D eigenvalue weighted by atomic mass is 10.0. The normalized spacial score (nSPS) is 17.3. The lowest BCUT2D eigenvalue weighted by Crippen LogP contribution is -2.45. The number of amides is 1. The molecule has 25 heavy (non-hydrogen) atoms. The van der Waals surface area contributed by atoms with Gasteiger partial charge >= 0.3 is 0 Å². The molecule has 1 unspecified atom stereocenters. The Hall–Kier alpha value is -1.92. The second-order valence-electron chi connectivity index (χ2n) is 6.34. The van der Waals surface area contributed by atoms with Crippen LogP contribution in [0.3, 0.4) is 0 Å². The number of piperidine rings is 1. The number of nitrogens with one attached hydrogen (secondary N) is 1. The molecular formula is C19H24N2O3S. The van der Waals surface area contributed by atoms with Crippen LogP contribution in [0.4, 0.5) is 0 Å². The fraction of sp³-hybridized carbons (Fsp3) is 0.421. The van der Waals surface area contributed by atoms with Crippen molar-refractivity contribution in [2.45, 2.75) is 30.7 Å². The summed E-state index contributed by atoms with van der Waals surface area (Å²) >= 11 is 0. The maximum Gasteiger partial charge on any atom is 0.255 e. The number of likely N-dealkylation sites (tertiary alicyclic amines) is 1. The molecule has 134 valence electrons. The molecule has 1 atom stereocenters. The van der Waals surface area contributed by atoms with E-state index in [9.17, 15) is 9.00 Å². The van der Waals surface area contributed by atoms with Crippen LogP contribution in [0, 0.1) is 6.92 Å². The van der Waals surface area contributed by atoms with Gasteiger partial charge in [0.15, 0.2) is 0 Å². The van der Waals surface area contributed by atoms with Crippen LogP contribution in [0.1, 0.15) is 29.0 Å². The highest BCUT2D eigenvalue weighted by molar-refractivity contribution is 7.85. The summed E-state index contributed by atoms with van der Waals surface area (Å²) in [4.78, 5) is 15.4. The number of carbonyl (C=O) groups excluding carboxylic acids is 1. The summed E-state index contributed by atoms with van der Waals surface area (Å²) in [5.74, 6) is 1.24. The second-order valence-corrected chi connectivity index (χ2v) is 7.91. The fourth-order valence-electron chi connectivity index (χ4n) is 3.09. The van der Waals surface area contributed by atoms with Crippen molar-refractivity contribution in [2.75, 3.05) is 25.4 Å². The highest BCUT2D eigenvalue weighted by Crippen LogP contribution is 2.14. The van der Waals surface area contributed by atoms with E-state index >= 15 is 0 Å². The molecule has 0 radical (unpaired) electrons. The van der Waals surface area contributed by atoms with Crippen LogP contribution in [0.25, 0.3) is 0 Å². The number of benzene rings is 1. The van der Waals surface area contributed by atoms with Gasteiger partial charge in [-0.1, -0.05) is 18.2 Å². The van der Waals surface area contributed by atoms with Gasteiger partial charge in [0, 0.05) is 36.3 Å². The van der Waals surface area contributed by atoms with Crippen molar-refractivity contribution in [2.24, 2.45) is 0 Å². The molecule has 1 aliphatic rings. The Kier molecular flexibility index (Phi) is 6.04. The first kappa shape index (κ1) is 17.9. The minimum atomic E-state index is -0.948. The van der Waals surface area contributed by atoms with E-state index in [0.29, 0.717) is 17.1 Å². The third kappa shape index (κ3) is 4.80. The van der Waals surface area contributed by atoms with E-state index in [4.69, 9.17) is 4.42 Å². The molecule has 1 amide bonds. The molecule has 1 fully saturated rings. The molecule has 2 heterocycles. The van der Waals surface area contributed by atoms with Crippen molar-refractivity contribution in [3.05, 3.63) is 54.0 Å². The van der Waals surface area contributed by atoms with Crippen molar-refractivity contribution in [3.8, 4) is 0 Å². The number of hydrogen-bond acceptors (Lipinski definition) is 4. The Balaban J connectivity index is 1.41. The first-order valence-corrected chi connectivity index (χ1v) is 9.96. The fourth-order valence-corrected chi connectivity index (χ4v) is 4.21. The van der Waals surface area contributed by atoms with Gasteiger partial charge in [0.2, 0.25) is 0 Å². The minimum Gasteiger partial charge on any atom is -0.469 e. The van der Waals surface area contributed by atoms with Crippen LogP contribution in [0.2, 0.25) is 0 Å². The zero-order chi connectivity index (χ0) is 17.6. The summed E-state index contributed by atoms with van der Waals surface area (Å²) in [6, 6.07) is 11.5. The van der Waals surface area contributed by atoms with Crippen LogP contribution in [-0.2, 0) is 10.8 Å². The number of carbonyl (C=O) groups is 1. The standard InChI is InChI=1S/C19H24N2O3S/c1-15-18(9-13-24-15)19(22)20-16-7-10-21(11-8-16)12-14-25(23)17-5-3-2-4-6-17/h2-6,9,13,16H,7-8,10-12,14H2,1H3,(H,20,22). The van der Waals surface area contributed by atoms with Gasteiger partial charge in [-0.2, -0.15) is 0 Å². The smallest absolute Gasteiger partial charge is 0.255 e. The Labute approximate surface area is 150 Å². The topological polar surface area (TPSA) is 62.6 Å². The van der Waals surface area contributed by atoms with Gasteiger partial charge in [-0.15, -0.1) is 0 Å². The van der Waals surface area contributed by atoms with Gasteiger partial charge in [-0.25, -0.2) is 0 Å². The van der Waals surface area contributed by atoms with E-state index in [1.54, 1.807) is 19.3 Å². The van der Waals surface area contributed by atoms with Crippen LogP contribution in [0.5, 0.6) is 0 Å². The van der Waals surface area contributed by atoms with E-state index in [2.05, 4.69) is 10.2 Å². The van der Waals surface area contributed by atoms with E-state index < -0.39 is 10.8 Å². The predicted molar refractivity (Wildman–Crippen MR) is 98.1 cm³/mol. The zero-order valence-electron chi connectivity index (χ0n) is 14.4. The van der Waals surface area contributed by atoms with Crippen LogP contribution in [0.15, 0.2) is 52.0 Å². The maximum atomic E-state index is 12.3. The summed E-state index contributed by atoms with van der Waals surface area (Å²) in [5.41, 5.74) is 0.612. The average molecular weight is 360 g/mol. The molecule has 2 aromatic rings. The van der Waals surface area contributed by atoms with Crippen LogP contribution < -0.4 is 5.32 Å². The SMILES string of the molecule is Cc1occc1C(=O)NC1CCN(CCS(=O)c2ccccc2)CC1. The Bertz CT molecular complexity index is 721. The van der Waals surface area contributed by atoms with E-state index in [1.165, 1.54) is 0 Å². The number of nitrogens with zero attached hydrogens (tertiary/aromatic N) is 1. The summed E-state index contributed by atoms with van der Waals surface area (Å²) in [7, 11) is -0.948. The first-order valence-electron chi connectivity index (χ1n) is 8.64. The Morgan fingerprint density at radius 2 is 1.96 bits per heavy atom. The van der Waals surface area contributed by atoms with E-state index in [1.807, 2.05) is 30.3 Å². The van der Waals surface area contributed by atoms with Crippen molar-refractivity contribution in [1.29, 1.82) is 0 Å². The lowest BCUT2D eigenvalue weighted by molar-refractivity contribution is 0.0911. The Morgan fingerprint density at radius 3 is 2.60 bits per heavy atom. The monoisotopic (exact) mass is 360 g/mol. The van der Waals surface area contributed by atoms with Crippen molar-refractivity contribution >= 4 is 16.7 Å². The molecule has 1 aromatic carbocycles. The highest BCUT2D eigenvalue weighted by atomic mass is 32.2. The van der Waals surface area contributed by atoms with E-state index in [-0.39, 0.29) is 11.9 Å². The molecule has 1 aliphatic heterocycles. The van der Waals surface area contributed by atoms with Gasteiger partial charge < -0.3 is 14.6 Å². The quantitative estimate of drug-likeness (QED) is 0.860. The lowest BCUT2D eigenvalue weighted by Gasteiger charge is -2.32. The summed E-state index contributed by atoms with van der Waals surface area (Å²) in [5, 5.41) is 3.09. The maximum absolute atomic E-state index is 12.3. The number of furan rings is 1. The third-order valence-corrected chi connectivity index (χ3v) is 5.98. The molecule has 1 aromatic heterocycles. The number of hydrogen-bond donors (Lipinski definition) is 1. The summed E-state index contributed by atoms with van der Waals surface area (Å²) < 4.78 is 17.5. The van der Waals surface area contributed by atoms with Gasteiger partial charge in [0.25, 0.3) is 5.91 Å². The van der Waals surface area contributed by atoms with Crippen molar-refractivity contribution in [3.63, 3.8) is 0 Å². The van der Waals surface area contributed by atoms with Gasteiger partial charge in [0.1, 0.15) is 5.76 Å². The molecule has 0 spiro atoms. The number of rotatable bonds is 6. The molecule has 1 saturated heterocycles. The predicted octanol–water partition coefficient (Wildman–Crippen LogP) is 2.59. The first-order chi connectivity index (χ1) is 12.1. The minimum absolute atomic E-state index is 0.0603. The molecule has 3 rings (SSSR count). The highest BCUT2D eigenvalue weighted by Gasteiger charge is 2.22. The third-order valence-electron chi connectivity index (χ3n) is 4.63. The second kappa shape index (κ2) is 8.45. The molecule has 5 nitrogen and oxygen atoms in total. The Morgan fingerprint density at radius 1 is 1.24 bits per heavy atom. The van der Waals surface area contributed by atoms with Gasteiger partial charge in [0.05, 0.1) is 22.6 Å². The number of aryl methyl sites for hydroxylation is 1. The largest absolute Gasteiger partial charge is 0.469 e. The molecule has 0 bridgehead atoms. The molecule has 0 aliphatic carbocycles. The van der Waals surface area contributed by atoms with Crippen molar-refractivity contribution < 1.29 is 13.4 Å². The molecular weight excluding hydrogens is 336 g/mol. The van der Waals surface area contributed by atoms with Gasteiger partial charge in [-0.05, 0) is 38.0 Å². The zero-order valence-corrected chi connectivity index (χ0v) is 15.3. The summed E-state index contributed by atoms with van der Waals surface area (Å²) in [6.07, 6.45) is 3.38. The van der Waals surface area contributed by atoms with Gasteiger partial charge in [-0.3, -0.25) is 9.00 Å².